The van der Waals surface area contributed by atoms with Crippen molar-refractivity contribution in [3.05, 3.63) is 59.7 Å². The van der Waals surface area contributed by atoms with Gasteiger partial charge in [0.15, 0.2) is 5.96 Å². The molecule has 0 saturated heterocycles. The van der Waals surface area contributed by atoms with E-state index >= 15 is 0 Å². The van der Waals surface area contributed by atoms with Gasteiger partial charge in [-0.15, -0.1) is 0 Å². The molecular formula is C23H32N4O3. The number of aliphatic imine (C=N–C) groups is 1. The van der Waals surface area contributed by atoms with Crippen LogP contribution in [0.2, 0.25) is 0 Å². The van der Waals surface area contributed by atoms with Crippen LogP contribution < -0.4 is 14.8 Å². The predicted molar refractivity (Wildman–Crippen MR) is 121 cm³/mol. The Kier molecular flexibility index (Phi) is 9.00. The minimum atomic E-state index is 0.0113. The first-order chi connectivity index (χ1) is 14.4. The summed E-state index contributed by atoms with van der Waals surface area (Å²) >= 11 is 0. The second-order valence-corrected chi connectivity index (χ2v) is 7.07. The van der Waals surface area contributed by atoms with Gasteiger partial charge < -0.3 is 24.6 Å². The molecule has 162 valence electrons. The molecule has 0 aliphatic rings. The number of carbonyl (C=O) groups excluding carboxylic acids is 1. The molecule has 0 heterocycles. The Bertz CT molecular complexity index is 835. The maximum absolute atomic E-state index is 12.1. The summed E-state index contributed by atoms with van der Waals surface area (Å²) in [7, 11) is 8.90. The van der Waals surface area contributed by atoms with Crippen LogP contribution in [0.3, 0.4) is 0 Å². The van der Waals surface area contributed by atoms with E-state index in [1.54, 1.807) is 33.2 Å². The van der Waals surface area contributed by atoms with Crippen LogP contribution in [0.1, 0.15) is 15.9 Å². The fourth-order valence-electron chi connectivity index (χ4n) is 2.90. The van der Waals surface area contributed by atoms with Gasteiger partial charge >= 0.3 is 0 Å². The van der Waals surface area contributed by atoms with Gasteiger partial charge in [-0.05, 0) is 48.4 Å². The number of amides is 1. The fraction of sp³-hybridized carbons (Fsp3) is 0.391. The largest absolute Gasteiger partial charge is 0.497 e. The number of ether oxygens (including phenoxy) is 2. The fourth-order valence-corrected chi connectivity index (χ4v) is 2.90. The number of nitrogens with zero attached hydrogens (tertiary/aromatic N) is 3. The number of guanidine groups is 1. The molecule has 0 spiro atoms. The van der Waals surface area contributed by atoms with E-state index in [0.717, 1.165) is 36.0 Å². The Labute approximate surface area is 179 Å². The maximum Gasteiger partial charge on any atom is 0.253 e. The standard InChI is InChI=1S/C23H32N4O3/c1-24-23(27(4)15-16-30-21-11-9-20(29-5)10-12-21)25-14-13-18-7-6-8-19(17-18)22(28)26(2)3/h6-12,17H,13-16H2,1-5H3,(H,24,25). The Morgan fingerprint density at radius 2 is 1.77 bits per heavy atom. The molecule has 0 radical (unpaired) electrons. The molecular weight excluding hydrogens is 380 g/mol. The summed E-state index contributed by atoms with van der Waals surface area (Å²) in [5.74, 6) is 2.42. The first-order valence-electron chi connectivity index (χ1n) is 9.94. The number of carbonyl (C=O) groups is 1. The molecule has 2 aromatic rings. The Morgan fingerprint density at radius 3 is 2.40 bits per heavy atom. The summed E-state index contributed by atoms with van der Waals surface area (Å²) in [6.07, 6.45) is 0.795. The topological polar surface area (TPSA) is 66.4 Å². The quantitative estimate of drug-likeness (QED) is 0.506. The molecule has 1 amide bonds. The van der Waals surface area contributed by atoms with Crippen LogP contribution in [-0.2, 0) is 6.42 Å². The van der Waals surface area contributed by atoms with Crippen molar-refractivity contribution in [3.8, 4) is 11.5 Å². The van der Waals surface area contributed by atoms with Crippen molar-refractivity contribution in [2.75, 3.05) is 55.0 Å². The van der Waals surface area contributed by atoms with E-state index in [9.17, 15) is 4.79 Å². The summed E-state index contributed by atoms with van der Waals surface area (Å²) < 4.78 is 10.9. The summed E-state index contributed by atoms with van der Waals surface area (Å²) in [5.41, 5.74) is 1.81. The molecule has 0 saturated carbocycles. The lowest BCUT2D eigenvalue weighted by Crippen LogP contribution is -2.41. The monoisotopic (exact) mass is 412 g/mol. The van der Waals surface area contributed by atoms with Crippen LogP contribution in [0.25, 0.3) is 0 Å². The van der Waals surface area contributed by atoms with Gasteiger partial charge in [0.25, 0.3) is 5.91 Å². The van der Waals surface area contributed by atoms with Gasteiger partial charge in [-0.25, -0.2) is 0 Å². The molecule has 0 aliphatic carbocycles. The SMILES string of the molecule is CN=C(NCCc1cccc(C(=O)N(C)C)c1)N(C)CCOc1ccc(OC)cc1. The van der Waals surface area contributed by atoms with Gasteiger partial charge in [0.1, 0.15) is 18.1 Å². The van der Waals surface area contributed by atoms with E-state index in [4.69, 9.17) is 9.47 Å². The third kappa shape index (κ3) is 6.99. The predicted octanol–water partition coefficient (Wildman–Crippen LogP) is 2.53. The van der Waals surface area contributed by atoms with Crippen molar-refractivity contribution in [2.24, 2.45) is 4.99 Å². The van der Waals surface area contributed by atoms with E-state index < -0.39 is 0 Å². The zero-order valence-electron chi connectivity index (χ0n) is 18.5. The number of methoxy groups -OCH3 is 1. The summed E-state index contributed by atoms with van der Waals surface area (Å²) in [4.78, 5) is 20.1. The van der Waals surface area contributed by atoms with E-state index in [0.29, 0.717) is 18.7 Å². The summed E-state index contributed by atoms with van der Waals surface area (Å²) in [6, 6.07) is 15.3. The smallest absolute Gasteiger partial charge is 0.253 e. The first kappa shape index (κ1) is 23.1. The number of rotatable bonds is 9. The van der Waals surface area contributed by atoms with Crippen LogP contribution >= 0.6 is 0 Å². The molecule has 1 N–H and O–H groups in total. The summed E-state index contributed by atoms with van der Waals surface area (Å²) in [6.45, 7) is 1.95. The molecule has 30 heavy (non-hydrogen) atoms. The molecule has 7 heteroatoms. The first-order valence-corrected chi connectivity index (χ1v) is 9.94. The van der Waals surface area contributed by atoms with E-state index in [2.05, 4.69) is 10.3 Å². The van der Waals surface area contributed by atoms with Gasteiger partial charge in [0, 0.05) is 40.3 Å². The van der Waals surface area contributed by atoms with E-state index in [-0.39, 0.29) is 5.91 Å². The highest BCUT2D eigenvalue weighted by Gasteiger charge is 2.09. The lowest BCUT2D eigenvalue weighted by molar-refractivity contribution is 0.0827. The van der Waals surface area contributed by atoms with Crippen molar-refractivity contribution < 1.29 is 14.3 Å². The van der Waals surface area contributed by atoms with Gasteiger partial charge in [0.2, 0.25) is 0 Å². The van der Waals surface area contributed by atoms with Gasteiger partial charge in [-0.3, -0.25) is 9.79 Å². The minimum absolute atomic E-state index is 0.0113. The summed E-state index contributed by atoms with van der Waals surface area (Å²) in [5, 5.41) is 3.36. The van der Waals surface area contributed by atoms with E-state index in [1.807, 2.05) is 60.5 Å². The number of nitrogens with one attached hydrogen (secondary N) is 1. The number of likely N-dealkylation sites (N-methyl/N-ethyl adjacent to an activating group) is 1. The molecule has 0 aliphatic heterocycles. The zero-order chi connectivity index (χ0) is 21.9. The number of hydrogen-bond donors (Lipinski definition) is 1. The Morgan fingerprint density at radius 1 is 1.07 bits per heavy atom. The number of benzene rings is 2. The maximum atomic E-state index is 12.1. The molecule has 2 rings (SSSR count). The Balaban J connectivity index is 1.78. The molecule has 0 fully saturated rings. The van der Waals surface area contributed by atoms with Gasteiger partial charge in [-0.1, -0.05) is 12.1 Å². The highest BCUT2D eigenvalue weighted by Crippen LogP contribution is 2.16. The van der Waals surface area contributed by atoms with Crippen molar-refractivity contribution in [2.45, 2.75) is 6.42 Å². The third-order valence-corrected chi connectivity index (χ3v) is 4.61. The van der Waals surface area contributed by atoms with Crippen molar-refractivity contribution in [1.29, 1.82) is 0 Å². The molecule has 0 bridgehead atoms. The van der Waals surface area contributed by atoms with Crippen LogP contribution in [0.4, 0.5) is 0 Å². The molecule has 0 unspecified atom stereocenters. The number of hydrogen-bond acceptors (Lipinski definition) is 4. The average Bonchev–Trinajstić information content (AvgIpc) is 2.76. The Hall–Kier alpha value is -3.22. The minimum Gasteiger partial charge on any atom is -0.497 e. The second-order valence-electron chi connectivity index (χ2n) is 7.07. The average molecular weight is 413 g/mol. The van der Waals surface area contributed by atoms with Crippen molar-refractivity contribution in [3.63, 3.8) is 0 Å². The van der Waals surface area contributed by atoms with Crippen LogP contribution in [-0.4, -0.2) is 76.7 Å². The van der Waals surface area contributed by atoms with Crippen molar-refractivity contribution in [1.82, 2.24) is 15.1 Å². The van der Waals surface area contributed by atoms with Gasteiger partial charge in [-0.2, -0.15) is 0 Å². The van der Waals surface area contributed by atoms with Crippen molar-refractivity contribution >= 4 is 11.9 Å². The lowest BCUT2D eigenvalue weighted by Gasteiger charge is -2.22. The van der Waals surface area contributed by atoms with Gasteiger partial charge in [0.05, 0.1) is 13.7 Å². The van der Waals surface area contributed by atoms with Crippen LogP contribution in [0.5, 0.6) is 11.5 Å². The normalized spacial score (nSPS) is 11.0. The molecule has 0 atom stereocenters. The second kappa shape index (κ2) is 11.7. The zero-order valence-corrected chi connectivity index (χ0v) is 18.5. The van der Waals surface area contributed by atoms with E-state index in [1.165, 1.54) is 0 Å². The lowest BCUT2D eigenvalue weighted by atomic mass is 10.1. The molecule has 7 nitrogen and oxygen atoms in total. The van der Waals surface area contributed by atoms with Crippen LogP contribution in [0.15, 0.2) is 53.5 Å². The van der Waals surface area contributed by atoms with Crippen LogP contribution in [0, 0.1) is 0 Å². The molecule has 2 aromatic carbocycles. The highest BCUT2D eigenvalue weighted by atomic mass is 16.5. The molecule has 0 aromatic heterocycles. The third-order valence-electron chi connectivity index (χ3n) is 4.61. The highest BCUT2D eigenvalue weighted by molar-refractivity contribution is 5.94.